The molecule has 0 N–H and O–H groups in total. The van der Waals surface area contributed by atoms with E-state index < -0.39 is 10.9 Å². The van der Waals surface area contributed by atoms with E-state index in [0.29, 0.717) is 16.1 Å². The molecule has 29 heavy (non-hydrogen) atoms. The molecule has 3 rings (SSSR count). The molecule has 0 amide bonds. The topological polar surface area (TPSA) is 86.5 Å². The van der Waals surface area contributed by atoms with Gasteiger partial charge in [-0.2, -0.15) is 0 Å². The number of hydrogen-bond donors (Lipinski definition) is 0. The lowest BCUT2D eigenvalue weighted by atomic mass is 10.1. The molecule has 0 aliphatic rings. The second kappa shape index (κ2) is 8.95. The molecule has 0 heterocycles. The molecular weight excluding hydrogens is 394 g/mol. The van der Waals surface area contributed by atoms with Gasteiger partial charge in [0.1, 0.15) is 5.75 Å². The third-order valence-corrected chi connectivity index (χ3v) is 4.19. The molecule has 3 aromatic carbocycles. The molecule has 0 unspecified atom stereocenters. The van der Waals surface area contributed by atoms with Crippen LogP contribution in [-0.2, 0) is 0 Å². The summed E-state index contributed by atoms with van der Waals surface area (Å²) in [5, 5.41) is 11.2. The quantitative estimate of drug-likeness (QED) is 0.137. The molecule has 144 valence electrons. The van der Waals surface area contributed by atoms with Crippen molar-refractivity contribution < 1.29 is 19.2 Å². The smallest absolute Gasteiger partial charge is 0.343 e. The highest BCUT2D eigenvalue weighted by molar-refractivity contribution is 6.30. The zero-order chi connectivity index (χ0) is 20.8. The molecule has 0 atom stereocenters. The lowest BCUT2D eigenvalue weighted by molar-refractivity contribution is -0.384. The fourth-order valence-electron chi connectivity index (χ4n) is 2.45. The van der Waals surface area contributed by atoms with E-state index in [0.717, 1.165) is 0 Å². The van der Waals surface area contributed by atoms with Crippen LogP contribution in [0.1, 0.15) is 26.3 Å². The number of ketones is 1. The number of nitro benzene ring substituents is 1. The highest BCUT2D eigenvalue weighted by atomic mass is 35.5. The third-order valence-electron chi connectivity index (χ3n) is 3.94. The van der Waals surface area contributed by atoms with Crippen molar-refractivity contribution in [3.8, 4) is 5.75 Å². The Morgan fingerprint density at radius 1 is 0.931 bits per heavy atom. The minimum atomic E-state index is -0.640. The minimum Gasteiger partial charge on any atom is -0.423 e. The number of benzene rings is 3. The maximum Gasteiger partial charge on any atom is 0.343 e. The van der Waals surface area contributed by atoms with Gasteiger partial charge in [0.25, 0.3) is 5.69 Å². The Morgan fingerprint density at radius 2 is 1.59 bits per heavy atom. The van der Waals surface area contributed by atoms with E-state index in [1.807, 2.05) is 0 Å². The third kappa shape index (κ3) is 5.37. The molecular formula is C22H14ClNO5. The summed E-state index contributed by atoms with van der Waals surface area (Å²) >= 11 is 5.81. The van der Waals surface area contributed by atoms with E-state index in [1.54, 1.807) is 54.6 Å². The molecule has 7 heteroatoms. The summed E-state index contributed by atoms with van der Waals surface area (Å²) in [5.41, 5.74) is 1.25. The van der Waals surface area contributed by atoms with Crippen LogP contribution in [0.5, 0.6) is 5.75 Å². The van der Waals surface area contributed by atoms with Gasteiger partial charge in [-0.15, -0.1) is 0 Å². The molecule has 0 saturated heterocycles. The first kappa shape index (κ1) is 20.0. The summed E-state index contributed by atoms with van der Waals surface area (Å²) in [5.74, 6) is -0.539. The van der Waals surface area contributed by atoms with Gasteiger partial charge < -0.3 is 4.74 Å². The SMILES string of the molecule is O=C(C=Cc1cccc(OC(=O)c2ccc([N+](=O)[O-])cc2)c1)c1ccc(Cl)cc1. The molecule has 0 spiro atoms. The fourth-order valence-corrected chi connectivity index (χ4v) is 2.58. The lowest BCUT2D eigenvalue weighted by Gasteiger charge is -2.05. The normalized spacial score (nSPS) is 10.7. The Morgan fingerprint density at radius 3 is 2.24 bits per heavy atom. The first-order valence-electron chi connectivity index (χ1n) is 8.47. The summed E-state index contributed by atoms with van der Waals surface area (Å²) < 4.78 is 5.30. The number of carbonyl (C=O) groups is 2. The second-order valence-corrected chi connectivity index (χ2v) is 6.41. The van der Waals surface area contributed by atoms with E-state index in [2.05, 4.69) is 0 Å². The van der Waals surface area contributed by atoms with Gasteiger partial charge in [-0.1, -0.05) is 29.8 Å². The highest BCUT2D eigenvalue weighted by Crippen LogP contribution is 2.18. The van der Waals surface area contributed by atoms with Crippen molar-refractivity contribution in [3.05, 3.63) is 111 Å². The van der Waals surface area contributed by atoms with Crippen molar-refractivity contribution in [2.45, 2.75) is 0 Å². The van der Waals surface area contributed by atoms with E-state index in [-0.39, 0.29) is 22.8 Å². The number of hydrogen-bond acceptors (Lipinski definition) is 5. The predicted molar refractivity (Wildman–Crippen MR) is 109 cm³/mol. The molecule has 0 aliphatic carbocycles. The Kier molecular flexibility index (Phi) is 6.16. The van der Waals surface area contributed by atoms with Crippen LogP contribution < -0.4 is 4.74 Å². The van der Waals surface area contributed by atoms with Gasteiger partial charge in [-0.05, 0) is 60.2 Å². The monoisotopic (exact) mass is 407 g/mol. The number of rotatable bonds is 6. The van der Waals surface area contributed by atoms with Gasteiger partial charge in [0.2, 0.25) is 0 Å². The van der Waals surface area contributed by atoms with Crippen LogP contribution in [0.25, 0.3) is 6.08 Å². The molecule has 0 aliphatic heterocycles. The molecule has 3 aromatic rings. The van der Waals surface area contributed by atoms with Crippen LogP contribution >= 0.6 is 11.6 Å². The Hall–Kier alpha value is -3.77. The summed E-state index contributed by atoms with van der Waals surface area (Å²) in [6, 6.07) is 18.3. The fraction of sp³-hybridized carbons (Fsp3) is 0. The zero-order valence-corrected chi connectivity index (χ0v) is 15.7. The Labute approximate surface area is 171 Å². The standard InChI is InChI=1S/C22H14ClNO5/c23-18-9-5-16(6-10-18)21(25)13-4-15-2-1-3-20(14-15)29-22(26)17-7-11-19(12-8-17)24(27)28/h1-14H. The number of allylic oxidation sites excluding steroid dienone is 1. The first-order chi connectivity index (χ1) is 13.9. The number of nitro groups is 1. The van der Waals surface area contributed by atoms with Gasteiger partial charge >= 0.3 is 5.97 Å². The van der Waals surface area contributed by atoms with E-state index in [9.17, 15) is 19.7 Å². The van der Waals surface area contributed by atoms with Gasteiger partial charge in [0, 0.05) is 22.7 Å². The zero-order valence-electron chi connectivity index (χ0n) is 14.9. The van der Waals surface area contributed by atoms with Crippen molar-refractivity contribution in [1.29, 1.82) is 0 Å². The maximum absolute atomic E-state index is 12.2. The van der Waals surface area contributed by atoms with Gasteiger partial charge in [-0.25, -0.2) is 4.79 Å². The number of esters is 1. The van der Waals surface area contributed by atoms with E-state index in [1.165, 1.54) is 30.3 Å². The van der Waals surface area contributed by atoms with Crippen LogP contribution in [0.3, 0.4) is 0 Å². The number of nitrogens with zero attached hydrogens (tertiary/aromatic N) is 1. The highest BCUT2D eigenvalue weighted by Gasteiger charge is 2.11. The average molecular weight is 408 g/mol. The van der Waals surface area contributed by atoms with Gasteiger partial charge in [-0.3, -0.25) is 14.9 Å². The number of ether oxygens (including phenoxy) is 1. The Bertz CT molecular complexity index is 1090. The van der Waals surface area contributed by atoms with Crippen LogP contribution in [0, 0.1) is 10.1 Å². The van der Waals surface area contributed by atoms with Crippen molar-refractivity contribution in [2.75, 3.05) is 0 Å². The second-order valence-electron chi connectivity index (χ2n) is 5.97. The van der Waals surface area contributed by atoms with Crippen LogP contribution in [0.4, 0.5) is 5.69 Å². The van der Waals surface area contributed by atoms with Crippen molar-refractivity contribution in [1.82, 2.24) is 0 Å². The number of halogens is 1. The molecule has 0 fully saturated rings. The Balaban J connectivity index is 1.68. The predicted octanol–water partition coefficient (Wildman–Crippen LogP) is 5.36. The van der Waals surface area contributed by atoms with Crippen LogP contribution in [0.15, 0.2) is 78.9 Å². The summed E-state index contributed by atoms with van der Waals surface area (Å²) in [4.78, 5) is 34.5. The van der Waals surface area contributed by atoms with Crippen molar-refractivity contribution in [2.24, 2.45) is 0 Å². The average Bonchev–Trinajstić information content (AvgIpc) is 2.73. The first-order valence-corrected chi connectivity index (χ1v) is 8.85. The number of non-ortho nitro benzene ring substituents is 1. The van der Waals surface area contributed by atoms with Crippen molar-refractivity contribution in [3.63, 3.8) is 0 Å². The number of carbonyl (C=O) groups excluding carboxylic acids is 2. The maximum atomic E-state index is 12.2. The molecule has 6 nitrogen and oxygen atoms in total. The largest absolute Gasteiger partial charge is 0.423 e. The van der Waals surface area contributed by atoms with E-state index >= 15 is 0 Å². The molecule has 0 bridgehead atoms. The summed E-state index contributed by atoms with van der Waals surface area (Å²) in [6.07, 6.45) is 3.03. The summed E-state index contributed by atoms with van der Waals surface area (Å²) in [7, 11) is 0. The molecule has 0 aromatic heterocycles. The lowest BCUT2D eigenvalue weighted by Crippen LogP contribution is -2.08. The van der Waals surface area contributed by atoms with Crippen LogP contribution in [-0.4, -0.2) is 16.7 Å². The van der Waals surface area contributed by atoms with Crippen LogP contribution in [0.2, 0.25) is 5.02 Å². The van der Waals surface area contributed by atoms with Gasteiger partial charge in [0.15, 0.2) is 5.78 Å². The summed E-state index contributed by atoms with van der Waals surface area (Å²) in [6.45, 7) is 0. The van der Waals surface area contributed by atoms with E-state index in [4.69, 9.17) is 16.3 Å². The van der Waals surface area contributed by atoms with Gasteiger partial charge in [0.05, 0.1) is 10.5 Å². The minimum absolute atomic E-state index is 0.112. The molecule has 0 saturated carbocycles. The molecule has 0 radical (unpaired) electrons. The van der Waals surface area contributed by atoms with Crippen molar-refractivity contribution >= 4 is 35.1 Å².